The van der Waals surface area contributed by atoms with Crippen LogP contribution in [0, 0.1) is 23.2 Å². The number of carboxylic acid groups (broad SMARTS) is 1. The highest BCUT2D eigenvalue weighted by molar-refractivity contribution is 5.83. The molecule has 4 rings (SSSR count). The molecule has 0 aliphatic heterocycles. The van der Waals surface area contributed by atoms with Crippen LogP contribution in [0.3, 0.4) is 0 Å². The maximum absolute atomic E-state index is 12.4. The first-order valence-corrected chi connectivity index (χ1v) is 8.48. The van der Waals surface area contributed by atoms with Crippen molar-refractivity contribution in [3.05, 3.63) is 0 Å². The zero-order chi connectivity index (χ0) is 16.1. The van der Waals surface area contributed by atoms with Crippen LogP contribution in [0.4, 0.5) is 4.79 Å². The first-order chi connectivity index (χ1) is 10.2. The number of nitrogens with one attached hydrogen (secondary N) is 2. The number of aliphatic carboxylic acids is 1. The zero-order valence-corrected chi connectivity index (χ0v) is 13.8. The summed E-state index contributed by atoms with van der Waals surface area (Å²) in [6.07, 6.45) is 7.17. The van der Waals surface area contributed by atoms with Gasteiger partial charge in [-0.1, -0.05) is 20.8 Å². The summed E-state index contributed by atoms with van der Waals surface area (Å²) in [6, 6.07) is -1.19. The second-order valence-electron chi connectivity index (χ2n) is 8.93. The van der Waals surface area contributed by atoms with Crippen LogP contribution < -0.4 is 10.6 Å². The highest BCUT2D eigenvalue weighted by atomic mass is 16.4. The van der Waals surface area contributed by atoms with E-state index < -0.39 is 17.4 Å². The molecule has 0 aromatic carbocycles. The number of hydrogen-bond acceptors (Lipinski definition) is 2. The predicted molar refractivity (Wildman–Crippen MR) is 83.4 cm³/mol. The van der Waals surface area contributed by atoms with Gasteiger partial charge < -0.3 is 15.7 Å². The maximum Gasteiger partial charge on any atom is 0.326 e. The Kier molecular flexibility index (Phi) is 3.65. The van der Waals surface area contributed by atoms with Gasteiger partial charge in [0.15, 0.2) is 0 Å². The molecule has 5 nitrogen and oxygen atoms in total. The van der Waals surface area contributed by atoms with Crippen LogP contribution in [0.2, 0.25) is 0 Å². The van der Waals surface area contributed by atoms with Crippen LogP contribution in [-0.4, -0.2) is 28.7 Å². The van der Waals surface area contributed by atoms with E-state index in [2.05, 4.69) is 10.6 Å². The van der Waals surface area contributed by atoms with E-state index in [9.17, 15) is 14.7 Å². The molecule has 0 spiro atoms. The number of hydrogen-bond donors (Lipinski definition) is 3. The maximum atomic E-state index is 12.4. The Morgan fingerprint density at radius 3 is 1.86 bits per heavy atom. The van der Waals surface area contributed by atoms with Crippen molar-refractivity contribution in [1.29, 1.82) is 0 Å². The summed E-state index contributed by atoms with van der Waals surface area (Å²) in [5.74, 6) is 1.28. The molecule has 22 heavy (non-hydrogen) atoms. The van der Waals surface area contributed by atoms with Crippen LogP contribution >= 0.6 is 0 Å². The molecule has 3 N–H and O–H groups in total. The Hall–Kier alpha value is -1.26. The van der Waals surface area contributed by atoms with Crippen molar-refractivity contribution in [3.63, 3.8) is 0 Å². The Balaban J connectivity index is 1.65. The largest absolute Gasteiger partial charge is 0.480 e. The van der Waals surface area contributed by atoms with Crippen molar-refractivity contribution in [2.24, 2.45) is 23.2 Å². The third kappa shape index (κ3) is 2.95. The van der Waals surface area contributed by atoms with Gasteiger partial charge in [0.05, 0.1) is 0 Å². The Morgan fingerprint density at radius 2 is 1.50 bits per heavy atom. The summed E-state index contributed by atoms with van der Waals surface area (Å²) in [4.78, 5) is 23.8. The number of urea groups is 1. The molecular weight excluding hydrogens is 280 g/mol. The number of carboxylic acids is 1. The van der Waals surface area contributed by atoms with Gasteiger partial charge in [-0.2, -0.15) is 0 Å². The van der Waals surface area contributed by atoms with E-state index in [1.165, 1.54) is 19.3 Å². The molecule has 2 amide bonds. The summed E-state index contributed by atoms with van der Waals surface area (Å²) in [5.41, 5.74) is -0.593. The van der Waals surface area contributed by atoms with E-state index in [4.69, 9.17) is 0 Å². The summed E-state index contributed by atoms with van der Waals surface area (Å²) in [7, 11) is 0. The lowest BCUT2D eigenvalue weighted by molar-refractivity contribution is -0.141. The van der Waals surface area contributed by atoms with E-state index in [-0.39, 0.29) is 11.6 Å². The van der Waals surface area contributed by atoms with Crippen LogP contribution in [0.15, 0.2) is 0 Å². The minimum absolute atomic E-state index is 0.0836. The lowest BCUT2D eigenvalue weighted by atomic mass is 9.53. The van der Waals surface area contributed by atoms with Crippen molar-refractivity contribution in [1.82, 2.24) is 10.6 Å². The van der Waals surface area contributed by atoms with Crippen LogP contribution in [0.1, 0.15) is 59.3 Å². The molecule has 0 saturated heterocycles. The van der Waals surface area contributed by atoms with E-state index in [0.29, 0.717) is 0 Å². The molecule has 124 valence electrons. The second kappa shape index (κ2) is 5.14. The fourth-order valence-electron chi connectivity index (χ4n) is 5.32. The van der Waals surface area contributed by atoms with Crippen LogP contribution in [0.25, 0.3) is 0 Å². The van der Waals surface area contributed by atoms with Gasteiger partial charge >= 0.3 is 12.0 Å². The van der Waals surface area contributed by atoms with Gasteiger partial charge in [-0.3, -0.25) is 0 Å². The molecule has 4 bridgehead atoms. The van der Waals surface area contributed by atoms with Crippen LogP contribution in [0.5, 0.6) is 0 Å². The molecule has 5 heteroatoms. The normalized spacial score (nSPS) is 37.7. The molecule has 0 aromatic rings. The molecule has 0 unspecified atom stereocenters. The Labute approximate surface area is 132 Å². The molecule has 4 aliphatic carbocycles. The molecular formula is C17H28N2O3. The molecule has 4 fully saturated rings. The smallest absolute Gasteiger partial charge is 0.326 e. The monoisotopic (exact) mass is 308 g/mol. The predicted octanol–water partition coefficient (Wildman–Crippen LogP) is 2.75. The third-order valence-corrected chi connectivity index (χ3v) is 5.81. The van der Waals surface area contributed by atoms with Gasteiger partial charge in [-0.05, 0) is 61.7 Å². The fourth-order valence-corrected chi connectivity index (χ4v) is 5.32. The van der Waals surface area contributed by atoms with E-state index in [1.807, 2.05) is 20.8 Å². The summed E-state index contributed by atoms with van der Waals surface area (Å²) < 4.78 is 0. The van der Waals surface area contributed by atoms with Crippen molar-refractivity contribution in [3.8, 4) is 0 Å². The van der Waals surface area contributed by atoms with E-state index in [0.717, 1.165) is 37.0 Å². The average Bonchev–Trinajstić information content (AvgIpc) is 2.31. The van der Waals surface area contributed by atoms with E-state index in [1.54, 1.807) is 0 Å². The fraction of sp³-hybridized carbons (Fsp3) is 0.882. The number of rotatable bonds is 3. The quantitative estimate of drug-likeness (QED) is 0.750. The van der Waals surface area contributed by atoms with Gasteiger partial charge in [0.2, 0.25) is 0 Å². The molecule has 0 heterocycles. The average molecular weight is 308 g/mol. The highest BCUT2D eigenvalue weighted by Crippen LogP contribution is 2.55. The first-order valence-electron chi connectivity index (χ1n) is 8.48. The minimum atomic E-state index is -0.979. The lowest BCUT2D eigenvalue weighted by Crippen LogP contribution is -2.63. The number of carbonyl (C=O) groups excluding carboxylic acids is 1. The van der Waals surface area contributed by atoms with Gasteiger partial charge in [0.25, 0.3) is 0 Å². The molecule has 4 aliphatic rings. The van der Waals surface area contributed by atoms with Crippen molar-refractivity contribution in [2.45, 2.75) is 70.9 Å². The molecule has 0 radical (unpaired) electrons. The van der Waals surface area contributed by atoms with Crippen molar-refractivity contribution in [2.75, 3.05) is 0 Å². The number of carbonyl (C=O) groups is 2. The standard InChI is InChI=1S/C17H28N2O3/c1-16(2,3)13(14(20)21)18-15(22)19-17-7-10-4-11(8-17)6-12(5-10)9-17/h10-13H,4-9H2,1-3H3,(H,20,21)(H2,18,19,22)/t10?,11?,12?,13-,17?/m1/s1. The molecule has 0 aromatic heterocycles. The SMILES string of the molecule is CC(C)(C)[C@H](NC(=O)NC12CC3CC(CC(C3)C1)C2)C(=O)O. The van der Waals surface area contributed by atoms with Crippen molar-refractivity contribution >= 4 is 12.0 Å². The summed E-state index contributed by atoms with van der Waals surface area (Å²) >= 11 is 0. The van der Waals surface area contributed by atoms with E-state index >= 15 is 0 Å². The minimum Gasteiger partial charge on any atom is -0.480 e. The molecule has 1 atom stereocenters. The first kappa shape index (κ1) is 15.6. The summed E-state index contributed by atoms with van der Waals surface area (Å²) in [5, 5.41) is 15.2. The Morgan fingerprint density at radius 1 is 1.05 bits per heavy atom. The van der Waals surface area contributed by atoms with Crippen LogP contribution in [-0.2, 0) is 4.79 Å². The zero-order valence-electron chi connectivity index (χ0n) is 13.8. The van der Waals surface area contributed by atoms with Gasteiger partial charge in [-0.15, -0.1) is 0 Å². The van der Waals surface area contributed by atoms with Gasteiger partial charge in [0.1, 0.15) is 6.04 Å². The highest BCUT2D eigenvalue weighted by Gasteiger charge is 2.51. The Bertz CT molecular complexity index is 446. The number of amides is 2. The lowest BCUT2D eigenvalue weighted by Gasteiger charge is -2.56. The van der Waals surface area contributed by atoms with Gasteiger partial charge in [0, 0.05) is 5.54 Å². The topological polar surface area (TPSA) is 78.4 Å². The third-order valence-electron chi connectivity index (χ3n) is 5.81. The summed E-state index contributed by atoms with van der Waals surface area (Å²) in [6.45, 7) is 5.49. The van der Waals surface area contributed by atoms with Crippen molar-refractivity contribution < 1.29 is 14.7 Å². The molecule has 4 saturated carbocycles. The second-order valence-corrected chi connectivity index (χ2v) is 8.93. The van der Waals surface area contributed by atoms with Gasteiger partial charge in [-0.25, -0.2) is 9.59 Å².